The first-order valence-corrected chi connectivity index (χ1v) is 7.99. The largest absolute Gasteiger partial charge is 0.376 e. The number of ether oxygens (including phenoxy) is 1. The predicted molar refractivity (Wildman–Crippen MR) is 84.0 cm³/mol. The second kappa shape index (κ2) is 5.90. The lowest BCUT2D eigenvalue weighted by atomic mass is 10.0. The number of rotatable bonds is 3. The van der Waals surface area contributed by atoms with Gasteiger partial charge in [-0.25, -0.2) is 9.97 Å². The number of hydrogen-bond donors (Lipinski definition) is 0. The van der Waals surface area contributed by atoms with Crippen molar-refractivity contribution in [3.8, 4) is 0 Å². The summed E-state index contributed by atoms with van der Waals surface area (Å²) < 4.78 is 11.0. The quantitative estimate of drug-likeness (QED) is 0.842. The minimum Gasteiger partial charge on any atom is -0.376 e. The standard InChI is InChI=1S/C16H21N5O2/c1-20(2)16-11-7-21(5-3-13(11)17-10-18-16)8-14-12-9-22-6-4-15(12)23-19-14/h10H,3-9H2,1-2H3. The molecule has 0 fully saturated rings. The molecule has 0 amide bonds. The molecule has 4 heterocycles. The molecule has 7 nitrogen and oxygen atoms in total. The van der Waals surface area contributed by atoms with Crippen molar-refractivity contribution in [3.05, 3.63) is 34.6 Å². The van der Waals surface area contributed by atoms with Crippen LogP contribution in [-0.2, 0) is 37.3 Å². The molecule has 2 aliphatic rings. The molecule has 0 N–H and O–H groups in total. The molecule has 0 saturated carbocycles. The van der Waals surface area contributed by atoms with Crippen molar-refractivity contribution in [2.45, 2.75) is 32.5 Å². The van der Waals surface area contributed by atoms with E-state index in [-0.39, 0.29) is 0 Å². The van der Waals surface area contributed by atoms with Gasteiger partial charge < -0.3 is 14.2 Å². The average molecular weight is 315 g/mol. The maximum atomic E-state index is 5.55. The fourth-order valence-corrected chi connectivity index (χ4v) is 3.32. The maximum absolute atomic E-state index is 5.55. The molecule has 2 aliphatic heterocycles. The molecule has 0 aromatic carbocycles. The molecule has 0 aliphatic carbocycles. The second-order valence-electron chi connectivity index (χ2n) is 6.31. The lowest BCUT2D eigenvalue weighted by Gasteiger charge is -2.30. The molecule has 2 aromatic heterocycles. The number of nitrogens with zero attached hydrogens (tertiary/aromatic N) is 5. The fraction of sp³-hybridized carbons (Fsp3) is 0.562. The van der Waals surface area contributed by atoms with Crippen molar-refractivity contribution < 1.29 is 9.26 Å². The zero-order valence-corrected chi connectivity index (χ0v) is 13.6. The normalized spacial score (nSPS) is 17.7. The van der Waals surface area contributed by atoms with Gasteiger partial charge in [0.05, 0.1) is 18.9 Å². The minimum atomic E-state index is 0.616. The van der Waals surface area contributed by atoms with Gasteiger partial charge in [0.1, 0.15) is 23.6 Å². The lowest BCUT2D eigenvalue weighted by Crippen LogP contribution is -2.33. The van der Waals surface area contributed by atoms with Gasteiger partial charge in [0.25, 0.3) is 0 Å². The van der Waals surface area contributed by atoms with Crippen LogP contribution in [0.15, 0.2) is 10.9 Å². The Bertz CT molecular complexity index is 712. The van der Waals surface area contributed by atoms with Crippen LogP contribution < -0.4 is 4.90 Å². The van der Waals surface area contributed by atoms with E-state index >= 15 is 0 Å². The second-order valence-corrected chi connectivity index (χ2v) is 6.31. The summed E-state index contributed by atoms with van der Waals surface area (Å²) in [4.78, 5) is 13.3. The van der Waals surface area contributed by atoms with Crippen LogP contribution in [0.2, 0.25) is 0 Å². The Hall–Kier alpha value is -1.99. The van der Waals surface area contributed by atoms with Crippen LogP contribution in [0.25, 0.3) is 0 Å². The number of anilines is 1. The van der Waals surface area contributed by atoms with Gasteiger partial charge >= 0.3 is 0 Å². The van der Waals surface area contributed by atoms with Crippen molar-refractivity contribution >= 4 is 5.82 Å². The topological polar surface area (TPSA) is 67.5 Å². The summed E-state index contributed by atoms with van der Waals surface area (Å²) in [5, 5.41) is 4.27. The van der Waals surface area contributed by atoms with Gasteiger partial charge in [-0.3, -0.25) is 4.90 Å². The Labute approximate surface area is 135 Å². The molecule has 0 saturated heterocycles. The Morgan fingerprint density at radius 3 is 3.00 bits per heavy atom. The molecule has 4 rings (SSSR count). The van der Waals surface area contributed by atoms with E-state index in [2.05, 4.69) is 24.9 Å². The molecule has 7 heteroatoms. The van der Waals surface area contributed by atoms with Crippen molar-refractivity contribution in [2.75, 3.05) is 32.1 Å². The van der Waals surface area contributed by atoms with E-state index in [0.29, 0.717) is 6.61 Å². The average Bonchev–Trinajstić information content (AvgIpc) is 2.97. The molecule has 2 aromatic rings. The van der Waals surface area contributed by atoms with Crippen molar-refractivity contribution in [1.29, 1.82) is 0 Å². The predicted octanol–water partition coefficient (Wildman–Crippen LogP) is 1.16. The van der Waals surface area contributed by atoms with E-state index in [0.717, 1.165) is 67.6 Å². The summed E-state index contributed by atoms with van der Waals surface area (Å²) in [7, 11) is 4.04. The highest BCUT2D eigenvalue weighted by molar-refractivity contribution is 5.48. The summed E-state index contributed by atoms with van der Waals surface area (Å²) in [5.41, 5.74) is 4.52. The van der Waals surface area contributed by atoms with Crippen LogP contribution in [0, 0.1) is 0 Å². The first kappa shape index (κ1) is 14.6. The summed E-state index contributed by atoms with van der Waals surface area (Å²) >= 11 is 0. The van der Waals surface area contributed by atoms with Crippen LogP contribution in [-0.4, -0.2) is 47.3 Å². The van der Waals surface area contributed by atoms with Crippen molar-refractivity contribution in [3.63, 3.8) is 0 Å². The smallest absolute Gasteiger partial charge is 0.144 e. The zero-order chi connectivity index (χ0) is 15.8. The van der Waals surface area contributed by atoms with Crippen LogP contribution in [0.3, 0.4) is 0 Å². The van der Waals surface area contributed by atoms with E-state index in [1.807, 2.05) is 14.1 Å². The lowest BCUT2D eigenvalue weighted by molar-refractivity contribution is 0.102. The molecule has 0 radical (unpaired) electrons. The molecule has 23 heavy (non-hydrogen) atoms. The van der Waals surface area contributed by atoms with Crippen molar-refractivity contribution in [1.82, 2.24) is 20.0 Å². The molecular weight excluding hydrogens is 294 g/mol. The highest BCUT2D eigenvalue weighted by atomic mass is 16.5. The summed E-state index contributed by atoms with van der Waals surface area (Å²) in [6.45, 7) is 3.93. The third-order valence-electron chi connectivity index (χ3n) is 4.53. The van der Waals surface area contributed by atoms with Gasteiger partial charge in [-0.1, -0.05) is 5.16 Å². The Morgan fingerprint density at radius 2 is 2.13 bits per heavy atom. The molecule has 0 atom stereocenters. The first-order chi connectivity index (χ1) is 11.2. The van der Waals surface area contributed by atoms with Gasteiger partial charge in [-0.2, -0.15) is 0 Å². The number of hydrogen-bond acceptors (Lipinski definition) is 7. The monoisotopic (exact) mass is 315 g/mol. The molecule has 122 valence electrons. The zero-order valence-electron chi connectivity index (χ0n) is 13.6. The van der Waals surface area contributed by atoms with E-state index in [4.69, 9.17) is 9.26 Å². The highest BCUT2D eigenvalue weighted by Crippen LogP contribution is 2.27. The third-order valence-corrected chi connectivity index (χ3v) is 4.53. The fourth-order valence-electron chi connectivity index (χ4n) is 3.32. The maximum Gasteiger partial charge on any atom is 0.144 e. The van der Waals surface area contributed by atoms with E-state index in [1.54, 1.807) is 6.33 Å². The molecule has 0 bridgehead atoms. The van der Waals surface area contributed by atoms with Gasteiger partial charge in [0, 0.05) is 57.7 Å². The summed E-state index contributed by atoms with van der Waals surface area (Å²) in [5.74, 6) is 1.99. The van der Waals surface area contributed by atoms with Gasteiger partial charge in [0.2, 0.25) is 0 Å². The highest BCUT2D eigenvalue weighted by Gasteiger charge is 2.25. The van der Waals surface area contributed by atoms with E-state index < -0.39 is 0 Å². The molecule has 0 unspecified atom stereocenters. The Morgan fingerprint density at radius 1 is 1.22 bits per heavy atom. The number of fused-ring (bicyclic) bond motifs is 2. The van der Waals surface area contributed by atoms with Crippen LogP contribution in [0.1, 0.15) is 28.3 Å². The first-order valence-electron chi connectivity index (χ1n) is 7.99. The number of aromatic nitrogens is 3. The third kappa shape index (κ3) is 2.70. The minimum absolute atomic E-state index is 0.616. The molecule has 0 spiro atoms. The SMILES string of the molecule is CN(C)c1ncnc2c1CN(Cc1noc3c1COCC3)CC2. The van der Waals surface area contributed by atoms with Crippen molar-refractivity contribution in [2.24, 2.45) is 0 Å². The Balaban J connectivity index is 1.55. The van der Waals surface area contributed by atoms with E-state index in [1.165, 1.54) is 5.56 Å². The van der Waals surface area contributed by atoms with Crippen LogP contribution in [0.4, 0.5) is 5.82 Å². The van der Waals surface area contributed by atoms with E-state index in [9.17, 15) is 0 Å². The van der Waals surface area contributed by atoms with Gasteiger partial charge in [-0.05, 0) is 0 Å². The van der Waals surface area contributed by atoms with Gasteiger partial charge in [-0.15, -0.1) is 0 Å². The summed E-state index contributed by atoms with van der Waals surface area (Å²) in [6, 6.07) is 0. The van der Waals surface area contributed by atoms with Crippen LogP contribution in [0.5, 0.6) is 0 Å². The summed E-state index contributed by atoms with van der Waals surface area (Å²) in [6.07, 6.45) is 3.42. The van der Waals surface area contributed by atoms with Crippen LogP contribution >= 0.6 is 0 Å². The molecular formula is C16H21N5O2. The Kier molecular flexibility index (Phi) is 3.74. The van der Waals surface area contributed by atoms with Gasteiger partial charge in [0.15, 0.2) is 0 Å².